The van der Waals surface area contributed by atoms with Crippen molar-refractivity contribution in [2.75, 3.05) is 19.6 Å². The molecule has 0 bridgehead atoms. The summed E-state index contributed by atoms with van der Waals surface area (Å²) in [5.41, 5.74) is 1.38. The summed E-state index contributed by atoms with van der Waals surface area (Å²) < 4.78 is 6.59. The number of hydrogen-bond acceptors (Lipinski definition) is 4. The predicted octanol–water partition coefficient (Wildman–Crippen LogP) is 3.36. The Balaban J connectivity index is 1.64. The molecule has 0 saturated carbocycles. The van der Waals surface area contributed by atoms with Crippen molar-refractivity contribution in [3.63, 3.8) is 0 Å². The van der Waals surface area contributed by atoms with Crippen LogP contribution in [0.4, 0.5) is 0 Å². The molecule has 27 heavy (non-hydrogen) atoms. The average molecular weight is 365 g/mol. The van der Waals surface area contributed by atoms with E-state index in [2.05, 4.69) is 29.8 Å². The van der Waals surface area contributed by atoms with Crippen molar-refractivity contribution < 1.29 is 9.53 Å². The third-order valence-electron chi connectivity index (χ3n) is 5.77. The molecule has 0 N–H and O–H groups in total. The summed E-state index contributed by atoms with van der Waals surface area (Å²) in [6.07, 6.45) is 5.20. The lowest BCUT2D eigenvalue weighted by molar-refractivity contribution is -0.0213. The molecule has 1 aromatic carbocycles. The quantitative estimate of drug-likeness (QED) is 0.819. The minimum atomic E-state index is -0.324. The topological polar surface area (TPSA) is 45.7 Å². The Morgan fingerprint density at radius 3 is 2.63 bits per heavy atom. The summed E-state index contributed by atoms with van der Waals surface area (Å²) in [7, 11) is 0. The Morgan fingerprint density at radius 1 is 1.15 bits per heavy atom. The van der Waals surface area contributed by atoms with Gasteiger partial charge in [-0.25, -0.2) is 0 Å². The Kier molecular flexibility index (Phi) is 4.87. The number of benzene rings is 1. The van der Waals surface area contributed by atoms with Gasteiger partial charge < -0.3 is 14.5 Å². The number of aromatic nitrogens is 1. The highest BCUT2D eigenvalue weighted by molar-refractivity contribution is 5.94. The van der Waals surface area contributed by atoms with E-state index in [0.717, 1.165) is 37.2 Å². The Labute approximate surface area is 161 Å². The molecule has 0 atom stereocenters. The van der Waals surface area contributed by atoms with Gasteiger partial charge in [0.05, 0.1) is 12.1 Å². The number of fused-ring (bicyclic) bond motifs is 1. The van der Waals surface area contributed by atoms with Gasteiger partial charge in [-0.2, -0.15) is 0 Å². The van der Waals surface area contributed by atoms with Gasteiger partial charge in [0.1, 0.15) is 11.4 Å². The molecule has 4 rings (SSSR count). The van der Waals surface area contributed by atoms with Gasteiger partial charge in [-0.3, -0.25) is 9.78 Å². The number of piperidine rings is 1. The van der Waals surface area contributed by atoms with E-state index in [0.29, 0.717) is 24.7 Å². The molecule has 0 unspecified atom stereocenters. The lowest BCUT2D eigenvalue weighted by atomic mass is 9.89. The van der Waals surface area contributed by atoms with Gasteiger partial charge in [-0.05, 0) is 32.0 Å². The molecule has 1 amide bonds. The highest BCUT2D eigenvalue weighted by atomic mass is 16.5. The lowest BCUT2D eigenvalue weighted by Crippen LogP contribution is -2.55. The van der Waals surface area contributed by atoms with Gasteiger partial charge in [0.25, 0.3) is 5.91 Å². The predicted molar refractivity (Wildman–Crippen MR) is 105 cm³/mol. The SMILES string of the molecule is CC(C)N1CCC2(CC1)CN(C(=O)c1cccnc1)Cc1ccccc1O2. The number of amides is 1. The summed E-state index contributed by atoms with van der Waals surface area (Å²) in [5.74, 6) is 0.936. The van der Waals surface area contributed by atoms with E-state index >= 15 is 0 Å². The van der Waals surface area contributed by atoms with Gasteiger partial charge in [0, 0.05) is 56.5 Å². The maximum absolute atomic E-state index is 13.2. The Bertz CT molecular complexity index is 798. The normalized spacial score (nSPS) is 19.4. The van der Waals surface area contributed by atoms with Crippen LogP contribution in [0.1, 0.15) is 42.6 Å². The summed E-state index contributed by atoms with van der Waals surface area (Å²) in [6.45, 7) is 7.64. The first-order chi connectivity index (χ1) is 13.1. The maximum Gasteiger partial charge on any atom is 0.255 e. The van der Waals surface area contributed by atoms with Gasteiger partial charge in [0.15, 0.2) is 0 Å². The van der Waals surface area contributed by atoms with Crippen LogP contribution in [-0.4, -0.2) is 52.0 Å². The second kappa shape index (κ2) is 7.31. The van der Waals surface area contributed by atoms with Crippen molar-refractivity contribution in [3.8, 4) is 5.75 Å². The molecule has 1 spiro atoms. The van der Waals surface area contributed by atoms with E-state index in [1.807, 2.05) is 35.2 Å². The van der Waals surface area contributed by atoms with Crippen LogP contribution in [0.15, 0.2) is 48.8 Å². The van der Waals surface area contributed by atoms with E-state index in [4.69, 9.17) is 4.74 Å². The number of para-hydroxylation sites is 1. The number of ether oxygens (including phenoxy) is 1. The zero-order valence-electron chi connectivity index (χ0n) is 16.1. The molecule has 3 heterocycles. The van der Waals surface area contributed by atoms with Crippen LogP contribution >= 0.6 is 0 Å². The second-order valence-electron chi connectivity index (χ2n) is 7.93. The number of carbonyl (C=O) groups is 1. The standard InChI is InChI=1S/C22H27N3O2/c1-17(2)24-12-9-22(10-13-24)16-25(21(26)18-7-5-11-23-14-18)15-19-6-3-4-8-20(19)27-22/h3-8,11,14,17H,9-10,12-13,15-16H2,1-2H3. The smallest absolute Gasteiger partial charge is 0.255 e. The molecular weight excluding hydrogens is 338 g/mol. The summed E-state index contributed by atoms with van der Waals surface area (Å²) in [4.78, 5) is 21.7. The molecule has 2 aliphatic rings. The van der Waals surface area contributed by atoms with E-state index in [9.17, 15) is 4.79 Å². The summed E-state index contributed by atoms with van der Waals surface area (Å²) in [6, 6.07) is 12.3. The van der Waals surface area contributed by atoms with Gasteiger partial charge in [0.2, 0.25) is 0 Å². The van der Waals surface area contributed by atoms with Crippen molar-refractivity contribution in [3.05, 3.63) is 59.9 Å². The van der Waals surface area contributed by atoms with E-state index in [1.165, 1.54) is 0 Å². The molecule has 2 aliphatic heterocycles. The van der Waals surface area contributed by atoms with Crippen LogP contribution in [0, 0.1) is 0 Å². The molecule has 5 heteroatoms. The van der Waals surface area contributed by atoms with Crippen molar-refractivity contribution in [2.24, 2.45) is 0 Å². The fourth-order valence-electron chi connectivity index (χ4n) is 4.13. The van der Waals surface area contributed by atoms with Gasteiger partial charge in [-0.15, -0.1) is 0 Å². The molecule has 0 radical (unpaired) electrons. The molecule has 1 saturated heterocycles. The van der Waals surface area contributed by atoms with Gasteiger partial charge >= 0.3 is 0 Å². The maximum atomic E-state index is 13.2. The molecule has 1 fully saturated rings. The second-order valence-corrected chi connectivity index (χ2v) is 7.93. The third-order valence-corrected chi connectivity index (χ3v) is 5.77. The number of nitrogens with zero attached hydrogens (tertiary/aromatic N) is 3. The first kappa shape index (κ1) is 18.0. The van der Waals surface area contributed by atoms with Crippen LogP contribution < -0.4 is 4.74 Å². The summed E-state index contributed by atoms with van der Waals surface area (Å²) >= 11 is 0. The van der Waals surface area contributed by atoms with E-state index in [-0.39, 0.29) is 11.5 Å². The van der Waals surface area contributed by atoms with Crippen molar-refractivity contribution in [1.29, 1.82) is 0 Å². The number of carbonyl (C=O) groups excluding carboxylic acids is 1. The number of pyridine rings is 1. The third kappa shape index (κ3) is 3.69. The van der Waals surface area contributed by atoms with Crippen LogP contribution in [-0.2, 0) is 6.54 Å². The first-order valence-electron chi connectivity index (χ1n) is 9.77. The minimum Gasteiger partial charge on any atom is -0.485 e. The molecule has 2 aromatic rings. The first-order valence-corrected chi connectivity index (χ1v) is 9.77. The Morgan fingerprint density at radius 2 is 1.93 bits per heavy atom. The number of hydrogen-bond donors (Lipinski definition) is 0. The molecular formula is C22H27N3O2. The zero-order chi connectivity index (χ0) is 18.9. The van der Waals surface area contributed by atoms with Crippen molar-refractivity contribution in [2.45, 2.75) is 44.9 Å². The number of likely N-dealkylation sites (tertiary alicyclic amines) is 1. The van der Waals surface area contributed by atoms with Crippen LogP contribution in [0.3, 0.4) is 0 Å². The average Bonchev–Trinajstić information content (AvgIpc) is 2.85. The number of rotatable bonds is 2. The highest BCUT2D eigenvalue weighted by Crippen LogP contribution is 2.36. The molecule has 5 nitrogen and oxygen atoms in total. The zero-order valence-corrected chi connectivity index (χ0v) is 16.1. The largest absolute Gasteiger partial charge is 0.485 e. The van der Waals surface area contributed by atoms with Crippen molar-refractivity contribution in [1.82, 2.24) is 14.8 Å². The van der Waals surface area contributed by atoms with Crippen molar-refractivity contribution >= 4 is 5.91 Å². The van der Waals surface area contributed by atoms with Crippen LogP contribution in [0.5, 0.6) is 5.75 Å². The molecule has 1 aromatic heterocycles. The Hall–Kier alpha value is -2.40. The summed E-state index contributed by atoms with van der Waals surface area (Å²) in [5, 5.41) is 0. The highest BCUT2D eigenvalue weighted by Gasteiger charge is 2.42. The fraction of sp³-hybridized carbons (Fsp3) is 0.455. The van der Waals surface area contributed by atoms with Gasteiger partial charge in [-0.1, -0.05) is 18.2 Å². The van der Waals surface area contributed by atoms with E-state index < -0.39 is 0 Å². The van der Waals surface area contributed by atoms with Crippen LogP contribution in [0.25, 0.3) is 0 Å². The van der Waals surface area contributed by atoms with E-state index in [1.54, 1.807) is 12.4 Å². The van der Waals surface area contributed by atoms with Crippen LogP contribution in [0.2, 0.25) is 0 Å². The monoisotopic (exact) mass is 365 g/mol. The molecule has 0 aliphatic carbocycles. The lowest BCUT2D eigenvalue weighted by Gasteiger charge is -2.44. The minimum absolute atomic E-state index is 0.0223. The fourth-order valence-corrected chi connectivity index (χ4v) is 4.13. The molecule has 142 valence electrons.